The molecule has 1 aromatic carbocycles. The molecule has 2 heterocycles. The number of hydrogen-bond donors (Lipinski definition) is 0. The Hall–Kier alpha value is -1.88. The van der Waals surface area contributed by atoms with E-state index in [1.807, 2.05) is 30.3 Å². The van der Waals surface area contributed by atoms with E-state index in [2.05, 4.69) is 20.9 Å². The number of carbonyl (C=O) groups is 1. The van der Waals surface area contributed by atoms with E-state index in [-0.39, 0.29) is 5.91 Å². The summed E-state index contributed by atoms with van der Waals surface area (Å²) >= 11 is 3.31. The Kier molecular flexibility index (Phi) is 3.21. The number of nitrogens with zero attached hydrogens (tertiary/aromatic N) is 2. The van der Waals surface area contributed by atoms with E-state index in [1.54, 1.807) is 17.2 Å². The van der Waals surface area contributed by atoms with E-state index in [4.69, 9.17) is 4.74 Å². The van der Waals surface area contributed by atoms with Gasteiger partial charge in [-0.05, 0) is 40.2 Å². The molecule has 19 heavy (non-hydrogen) atoms. The van der Waals surface area contributed by atoms with Gasteiger partial charge in [-0.3, -0.25) is 4.79 Å². The largest absolute Gasteiger partial charge is 0.490 e. The van der Waals surface area contributed by atoms with E-state index in [0.29, 0.717) is 18.8 Å². The van der Waals surface area contributed by atoms with Gasteiger partial charge in [-0.2, -0.15) is 0 Å². The molecule has 5 heteroatoms. The maximum Gasteiger partial charge on any atom is 0.277 e. The molecule has 0 spiro atoms. The van der Waals surface area contributed by atoms with Crippen molar-refractivity contribution in [1.82, 2.24) is 4.98 Å². The van der Waals surface area contributed by atoms with Gasteiger partial charge in [0.1, 0.15) is 18.1 Å². The van der Waals surface area contributed by atoms with Crippen LogP contribution in [0.2, 0.25) is 0 Å². The fraction of sp³-hybridized carbons (Fsp3) is 0.143. The highest BCUT2D eigenvalue weighted by Crippen LogP contribution is 2.31. The summed E-state index contributed by atoms with van der Waals surface area (Å²) in [6, 6.07) is 11.1. The molecule has 0 saturated carbocycles. The van der Waals surface area contributed by atoms with E-state index in [0.717, 1.165) is 15.9 Å². The molecular formula is C14H11BrN2O2. The summed E-state index contributed by atoms with van der Waals surface area (Å²) in [4.78, 5) is 18.3. The highest BCUT2D eigenvalue weighted by Gasteiger charge is 2.24. The fourth-order valence-corrected chi connectivity index (χ4v) is 2.26. The molecule has 0 aliphatic carbocycles. The molecule has 1 aliphatic rings. The van der Waals surface area contributed by atoms with E-state index in [1.165, 1.54) is 0 Å². The van der Waals surface area contributed by atoms with E-state index >= 15 is 0 Å². The lowest BCUT2D eigenvalue weighted by atomic mass is 10.2. The number of aromatic nitrogens is 1. The molecule has 0 N–H and O–H groups in total. The van der Waals surface area contributed by atoms with Gasteiger partial charge in [-0.1, -0.05) is 12.1 Å². The fourth-order valence-electron chi connectivity index (χ4n) is 2.02. The quantitative estimate of drug-likeness (QED) is 0.812. The lowest BCUT2D eigenvalue weighted by molar-refractivity contribution is 0.0972. The molecule has 0 fully saturated rings. The minimum Gasteiger partial charge on any atom is -0.490 e. The number of fused-ring (bicyclic) bond motifs is 1. The number of ether oxygens (including phenoxy) is 1. The zero-order valence-corrected chi connectivity index (χ0v) is 11.6. The summed E-state index contributed by atoms with van der Waals surface area (Å²) in [5.74, 6) is 0.627. The van der Waals surface area contributed by atoms with Crippen LogP contribution >= 0.6 is 15.9 Å². The van der Waals surface area contributed by atoms with Gasteiger partial charge in [-0.15, -0.1) is 0 Å². The Labute approximate surface area is 119 Å². The number of halogens is 1. The maximum absolute atomic E-state index is 12.5. The summed E-state index contributed by atoms with van der Waals surface area (Å²) in [5, 5.41) is 0. The number of amides is 1. The zero-order valence-electron chi connectivity index (χ0n) is 10.0. The van der Waals surface area contributed by atoms with Crippen molar-refractivity contribution in [3.63, 3.8) is 0 Å². The number of para-hydroxylation sites is 2. The highest BCUT2D eigenvalue weighted by molar-refractivity contribution is 9.10. The van der Waals surface area contributed by atoms with Gasteiger partial charge < -0.3 is 9.64 Å². The highest BCUT2D eigenvalue weighted by atomic mass is 79.9. The molecule has 0 saturated heterocycles. The normalized spacial score (nSPS) is 13.6. The van der Waals surface area contributed by atoms with Gasteiger partial charge in [0, 0.05) is 10.7 Å². The van der Waals surface area contributed by atoms with Gasteiger partial charge in [0.25, 0.3) is 5.91 Å². The monoisotopic (exact) mass is 318 g/mol. The molecule has 0 atom stereocenters. The molecule has 0 radical (unpaired) electrons. The summed E-state index contributed by atoms with van der Waals surface area (Å²) in [6.07, 6.45) is 1.62. The molecule has 2 aromatic rings. The van der Waals surface area contributed by atoms with Crippen molar-refractivity contribution in [1.29, 1.82) is 0 Å². The van der Waals surface area contributed by atoms with Crippen molar-refractivity contribution in [3.8, 4) is 5.75 Å². The van der Waals surface area contributed by atoms with Crippen LogP contribution in [0.15, 0.2) is 47.1 Å². The number of rotatable bonds is 1. The van der Waals surface area contributed by atoms with Gasteiger partial charge in [-0.25, -0.2) is 4.98 Å². The summed E-state index contributed by atoms with van der Waals surface area (Å²) in [7, 11) is 0. The third-order valence-corrected chi connectivity index (χ3v) is 3.39. The molecule has 4 nitrogen and oxygen atoms in total. The van der Waals surface area contributed by atoms with Crippen LogP contribution < -0.4 is 9.64 Å². The standard InChI is InChI=1S/C14H11BrN2O2/c15-10-5-6-11(16-9-10)14(18)17-7-8-19-13-4-2-1-3-12(13)17/h1-6,9H,7-8H2. The molecule has 1 aromatic heterocycles. The Bertz CT molecular complexity index is 613. The number of hydrogen-bond acceptors (Lipinski definition) is 3. The van der Waals surface area contributed by atoms with Crippen molar-refractivity contribution in [2.24, 2.45) is 0 Å². The van der Waals surface area contributed by atoms with Crippen LogP contribution in [0, 0.1) is 0 Å². The average molecular weight is 319 g/mol. The maximum atomic E-state index is 12.5. The minimum absolute atomic E-state index is 0.108. The van der Waals surface area contributed by atoms with Crippen LogP contribution in [0.3, 0.4) is 0 Å². The molecular weight excluding hydrogens is 308 g/mol. The number of carbonyl (C=O) groups excluding carboxylic acids is 1. The van der Waals surface area contributed by atoms with Crippen LogP contribution in [-0.4, -0.2) is 24.0 Å². The smallest absolute Gasteiger partial charge is 0.277 e. The van der Waals surface area contributed by atoms with Crippen LogP contribution in [-0.2, 0) is 0 Å². The van der Waals surface area contributed by atoms with Crippen molar-refractivity contribution in [2.45, 2.75) is 0 Å². The van der Waals surface area contributed by atoms with Crippen molar-refractivity contribution >= 4 is 27.5 Å². The van der Waals surface area contributed by atoms with E-state index < -0.39 is 0 Å². The van der Waals surface area contributed by atoms with Crippen LogP contribution in [0.4, 0.5) is 5.69 Å². The molecule has 96 valence electrons. The summed E-state index contributed by atoms with van der Waals surface area (Å²) < 4.78 is 6.39. The summed E-state index contributed by atoms with van der Waals surface area (Å²) in [5.41, 5.74) is 1.23. The van der Waals surface area contributed by atoms with Gasteiger partial charge in [0.05, 0.1) is 12.2 Å². The predicted molar refractivity (Wildman–Crippen MR) is 75.6 cm³/mol. The Balaban J connectivity index is 1.95. The van der Waals surface area contributed by atoms with Gasteiger partial charge in [0.2, 0.25) is 0 Å². The van der Waals surface area contributed by atoms with E-state index in [9.17, 15) is 4.79 Å². The molecule has 3 rings (SSSR count). The Morgan fingerprint density at radius 1 is 1.26 bits per heavy atom. The van der Waals surface area contributed by atoms with Gasteiger partial charge >= 0.3 is 0 Å². The molecule has 1 amide bonds. The molecule has 1 aliphatic heterocycles. The zero-order chi connectivity index (χ0) is 13.2. The number of anilines is 1. The second kappa shape index (κ2) is 5.01. The first-order valence-corrected chi connectivity index (χ1v) is 6.70. The van der Waals surface area contributed by atoms with Gasteiger partial charge in [0.15, 0.2) is 0 Å². The van der Waals surface area contributed by atoms with Crippen molar-refractivity contribution < 1.29 is 9.53 Å². The SMILES string of the molecule is O=C(c1ccc(Br)cn1)N1CCOc2ccccc21. The third-order valence-electron chi connectivity index (χ3n) is 2.92. The Morgan fingerprint density at radius 3 is 2.89 bits per heavy atom. The third kappa shape index (κ3) is 2.33. The first kappa shape index (κ1) is 12.2. The predicted octanol–water partition coefficient (Wildman–Crippen LogP) is 2.88. The van der Waals surface area contributed by atoms with Crippen molar-refractivity contribution in [3.05, 3.63) is 52.8 Å². The van der Waals surface area contributed by atoms with Crippen LogP contribution in [0.1, 0.15) is 10.5 Å². The number of pyridine rings is 1. The lowest BCUT2D eigenvalue weighted by Crippen LogP contribution is -2.38. The first-order valence-electron chi connectivity index (χ1n) is 5.91. The average Bonchev–Trinajstić information content (AvgIpc) is 2.47. The summed E-state index contributed by atoms with van der Waals surface area (Å²) in [6.45, 7) is 1.03. The Morgan fingerprint density at radius 2 is 2.11 bits per heavy atom. The molecule has 0 bridgehead atoms. The van der Waals surface area contributed by atoms with Crippen LogP contribution in [0.25, 0.3) is 0 Å². The van der Waals surface area contributed by atoms with Crippen LogP contribution in [0.5, 0.6) is 5.75 Å². The number of benzene rings is 1. The lowest BCUT2D eigenvalue weighted by Gasteiger charge is -2.29. The minimum atomic E-state index is -0.108. The molecule has 0 unspecified atom stereocenters. The second-order valence-corrected chi connectivity index (χ2v) is 5.05. The first-order chi connectivity index (χ1) is 9.25. The van der Waals surface area contributed by atoms with Crippen molar-refractivity contribution in [2.75, 3.05) is 18.1 Å². The topological polar surface area (TPSA) is 42.4 Å². The second-order valence-electron chi connectivity index (χ2n) is 4.13.